The number of aliphatic hydroxyl groups is 4. The lowest BCUT2D eigenvalue weighted by Gasteiger charge is -2.36. The molecule has 0 radical (unpaired) electrons. The number of aldehydes is 2. The number of carbonyl (C=O) groups is 7. The van der Waals surface area contributed by atoms with Gasteiger partial charge in [0.05, 0.1) is 66.8 Å². The Labute approximate surface area is 616 Å². The van der Waals surface area contributed by atoms with Gasteiger partial charge in [0.15, 0.2) is 35.4 Å². The summed E-state index contributed by atoms with van der Waals surface area (Å²) >= 11 is 2.02. The monoisotopic (exact) mass is 1700 g/mol. The number of nitrogens with two attached hydrogens (primary N) is 2. The summed E-state index contributed by atoms with van der Waals surface area (Å²) in [6, 6.07) is 0. The molecule has 6 rings (SSSR count). The summed E-state index contributed by atoms with van der Waals surface area (Å²) in [5.74, 6) is -2.98. The molecule has 0 bridgehead atoms. The first-order valence-electron chi connectivity index (χ1n) is 30.0. The molecule has 4 amide bonds. The Kier molecular flexibility index (Phi) is 36.7. The van der Waals surface area contributed by atoms with Crippen molar-refractivity contribution in [3.8, 4) is 0 Å². The van der Waals surface area contributed by atoms with E-state index in [2.05, 4.69) is 91.1 Å². The fourth-order valence-electron chi connectivity index (χ4n) is 8.67. The van der Waals surface area contributed by atoms with Gasteiger partial charge in [-0.25, -0.2) is 38.5 Å². The molecule has 108 heavy (non-hydrogen) atoms. The van der Waals surface area contributed by atoms with Crippen molar-refractivity contribution in [2.75, 3.05) is 81.3 Å². The van der Waals surface area contributed by atoms with Crippen molar-refractivity contribution in [3.05, 3.63) is 25.3 Å². The Morgan fingerprint density at radius 1 is 0.602 bits per heavy atom. The van der Waals surface area contributed by atoms with Crippen molar-refractivity contribution >= 4 is 153 Å². The summed E-state index contributed by atoms with van der Waals surface area (Å²) in [6.45, 7) is 0.0779. The molecule has 4 aromatic rings. The fourth-order valence-corrected chi connectivity index (χ4v) is 15.1. The van der Waals surface area contributed by atoms with E-state index in [0.29, 0.717) is 24.1 Å². The molecule has 6 heterocycles. The minimum Gasteiger partial charge on any atom is -0.790 e. The minimum absolute atomic E-state index is 0.0199. The zero-order valence-electron chi connectivity index (χ0n) is 56.0. The van der Waals surface area contributed by atoms with Crippen molar-refractivity contribution in [1.82, 2.24) is 60.3 Å². The number of imidazole rings is 2. The number of rotatable bonds is 43. The zero-order valence-corrected chi connectivity index (χ0v) is 63.0. The van der Waals surface area contributed by atoms with Gasteiger partial charge in [0.25, 0.3) is 31.3 Å². The standard InChI is InChI=1S/C24H38N7O19P3S.C23H38N7O17P3S.CO2/c1-24(2,19(36)22(37)27-5-3-14(33)26-6-8-54-49-15(34)4-7-32)10-46-53(43,44)50-52(41,42)45-9-13-18(48-51(38,39)40)17(35)23(47-13)31-12-30-16-20(25)28-11-29-21(16)31;1-23(2,18(34)21(35)26-4-3-14(32)25-5-7-51-8-6-31)10-44-50(41,42)47-49(39,40)43-9-13-17(46-48(36,37)38)16(33)22(45-13)30-12-29-15-19(24)27-11-28-20(15)30;2-1-3/h7,11-13,17-19,23,35-36H,3-6,8-10H2,1-2H3,(H,26,33)(H,27,37)(H,41,42)(H,43,44)(H2,25,28,29)(H2,38,39,40);6,11-13,16-18,22,33-34H,3-5,7-10H2,1-2H3,(H,25,32)(H,26,35)(H,39,40)(H,41,42)(H2,24,27,28)(H2,36,37,38);/p-8. The second-order valence-electron chi connectivity index (χ2n) is 22.9. The first-order valence-corrected chi connectivity index (χ1v) is 40.9. The molecule has 2 saturated heterocycles. The van der Waals surface area contributed by atoms with E-state index in [9.17, 15) is 121 Å². The number of fused-ring (bicyclic) bond motifs is 2. The number of ether oxygens (including phenoxy) is 2. The predicted molar refractivity (Wildman–Crippen MR) is 339 cm³/mol. The van der Waals surface area contributed by atoms with Crippen LogP contribution in [-0.4, -0.2) is 226 Å². The second kappa shape index (κ2) is 42.0. The Hall–Kier alpha value is -6.03. The highest BCUT2D eigenvalue weighted by atomic mass is 32.2. The molecule has 14 atom stereocenters. The summed E-state index contributed by atoms with van der Waals surface area (Å²) < 4.78 is 125. The number of nitrogens with one attached hydrogen (secondary N) is 4. The zero-order chi connectivity index (χ0) is 81.4. The third-order valence-electron chi connectivity index (χ3n) is 13.8. The van der Waals surface area contributed by atoms with Gasteiger partial charge in [0.1, 0.15) is 91.5 Å². The SMILES string of the molecule is CC(C)(COP(=O)([O-])OP(=O)([O-])OCC1OC(n2cnc3c(N)ncnc32)C(O)C1OP(=O)([O-])[O-])C(O)C(=O)NCCC(=O)NCCSCC=O.CC(C)(COP(=O)([O-])OP(=O)([O-])OCC1OC(n2cnc3c(N)ncnc32)C(O)C1OP(=O)([O-])[O-])C(O)C(=O)NCCC(=O)NCCSOC(=O)CC=O.O=C=O. The van der Waals surface area contributed by atoms with E-state index in [-0.39, 0.29) is 90.6 Å². The summed E-state index contributed by atoms with van der Waals surface area (Å²) in [4.78, 5) is 215. The number of nitrogen functional groups attached to an aromatic ring is 2. The maximum Gasteiger partial charge on any atom is 0.373 e. The highest BCUT2D eigenvalue weighted by Crippen LogP contribution is 2.58. The molecule has 12 N–H and O–H groups in total. The molecular formula is C48H68N14O38P6S2-8. The molecular weight excluding hydrogens is 1630 g/mol. The first kappa shape index (κ1) is 94.3. The lowest BCUT2D eigenvalue weighted by atomic mass is 9.87. The average Bonchev–Trinajstić information content (AvgIpc) is 1.62. The van der Waals surface area contributed by atoms with Crippen molar-refractivity contribution in [2.45, 2.75) is 108 Å². The number of anilines is 2. The van der Waals surface area contributed by atoms with E-state index >= 15 is 0 Å². The molecule has 0 saturated carbocycles. The number of thioether (sulfide) groups is 1. The van der Waals surface area contributed by atoms with Gasteiger partial charge < -0.3 is 152 Å². The number of carbonyl (C=O) groups excluding carboxylic acids is 9. The maximum atomic E-state index is 12.5. The number of nitrogens with zero attached hydrogens (tertiary/aromatic N) is 8. The van der Waals surface area contributed by atoms with Crippen molar-refractivity contribution in [1.29, 1.82) is 0 Å². The quantitative estimate of drug-likeness (QED) is 0.00647. The molecule has 0 aromatic carbocycles. The lowest BCUT2D eigenvalue weighted by Crippen LogP contribution is -2.46. The van der Waals surface area contributed by atoms with Crippen LogP contribution in [0.25, 0.3) is 22.3 Å². The van der Waals surface area contributed by atoms with E-state index in [1.165, 1.54) is 39.5 Å². The topological polar surface area (TPSA) is 810 Å². The van der Waals surface area contributed by atoms with Gasteiger partial charge in [-0.1, -0.05) is 27.7 Å². The van der Waals surface area contributed by atoms with Gasteiger partial charge in [0, 0.05) is 67.1 Å². The minimum atomic E-state index is -5.92. The van der Waals surface area contributed by atoms with Crippen LogP contribution < -0.4 is 71.9 Å². The largest absolute Gasteiger partial charge is 0.790 e. The van der Waals surface area contributed by atoms with E-state index in [1.807, 2.05) is 0 Å². The summed E-state index contributed by atoms with van der Waals surface area (Å²) in [7, 11) is -35.2. The van der Waals surface area contributed by atoms with E-state index < -0.39 is 182 Å². The summed E-state index contributed by atoms with van der Waals surface area (Å²) in [5, 5.41) is 52.0. The van der Waals surface area contributed by atoms with Gasteiger partial charge in [0.2, 0.25) is 23.6 Å². The van der Waals surface area contributed by atoms with Gasteiger partial charge in [-0.3, -0.25) is 51.4 Å². The lowest BCUT2D eigenvalue weighted by molar-refractivity contribution is -0.348. The molecule has 52 nitrogen and oxygen atoms in total. The molecule has 608 valence electrons. The van der Waals surface area contributed by atoms with Gasteiger partial charge >= 0.3 is 12.1 Å². The van der Waals surface area contributed by atoms with Gasteiger partial charge in [-0.05, 0) is 0 Å². The second-order valence-corrected chi connectivity index (χ2v) is 33.0. The van der Waals surface area contributed by atoms with Crippen LogP contribution in [0.2, 0.25) is 0 Å². The number of aromatic nitrogens is 8. The molecule has 0 aliphatic carbocycles. The third kappa shape index (κ3) is 30.9. The van der Waals surface area contributed by atoms with Crippen LogP contribution >= 0.6 is 70.7 Å². The average molecular weight is 1700 g/mol. The van der Waals surface area contributed by atoms with E-state index in [4.69, 9.17) is 30.5 Å². The summed E-state index contributed by atoms with van der Waals surface area (Å²) in [5.41, 5.74) is 8.09. The smallest absolute Gasteiger partial charge is 0.373 e. The van der Waals surface area contributed by atoms with Crippen molar-refractivity contribution < 1.29 is 180 Å². The van der Waals surface area contributed by atoms with Crippen molar-refractivity contribution in [2.24, 2.45) is 10.8 Å². The Morgan fingerprint density at radius 2 is 0.981 bits per heavy atom. The van der Waals surface area contributed by atoms with Gasteiger partial charge in [-0.15, -0.1) is 0 Å². The molecule has 60 heteroatoms. The molecule has 2 fully saturated rings. The Bertz CT molecular complexity index is 4080. The highest BCUT2D eigenvalue weighted by Gasteiger charge is 2.49. The predicted octanol–water partition coefficient (Wildman–Crippen LogP) is -9.12. The molecule has 14 unspecified atom stereocenters. The van der Waals surface area contributed by atoms with E-state index in [1.54, 1.807) is 0 Å². The van der Waals surface area contributed by atoms with Crippen LogP contribution in [-0.2, 0) is 120 Å². The van der Waals surface area contributed by atoms with Crippen LogP contribution in [0, 0.1) is 10.8 Å². The molecule has 4 aromatic heterocycles. The number of hydrogen-bond acceptors (Lipinski definition) is 48. The van der Waals surface area contributed by atoms with E-state index in [0.717, 1.165) is 40.7 Å². The third-order valence-corrected chi connectivity index (χ3v) is 21.3. The number of phosphoric acid groups is 6. The highest BCUT2D eigenvalue weighted by molar-refractivity contribution is 7.99. The number of aliphatic hydroxyl groups excluding tert-OH is 4. The Balaban J connectivity index is 0.000000441. The van der Waals surface area contributed by atoms with Crippen LogP contribution in [0.5, 0.6) is 0 Å². The number of phosphoric ester groups is 6. The van der Waals surface area contributed by atoms with Crippen LogP contribution in [0.1, 0.15) is 59.4 Å². The van der Waals surface area contributed by atoms with Crippen LogP contribution in [0.15, 0.2) is 25.3 Å². The number of hydrogen-bond donors (Lipinski definition) is 10. The molecule has 2 aliphatic rings. The summed E-state index contributed by atoms with van der Waals surface area (Å²) in [6.07, 6.45) is -14.3. The number of amides is 4. The van der Waals surface area contributed by atoms with Gasteiger partial charge in [-0.2, -0.15) is 21.4 Å². The Morgan fingerprint density at radius 3 is 1.35 bits per heavy atom. The normalized spacial score (nSPS) is 21.7. The molecule has 0 spiro atoms. The maximum absolute atomic E-state index is 12.5. The fraction of sp³-hybridized carbons (Fsp3) is 0.625. The molecule has 2 aliphatic heterocycles. The van der Waals surface area contributed by atoms with Crippen LogP contribution in [0.3, 0.4) is 0 Å². The van der Waals surface area contributed by atoms with Crippen molar-refractivity contribution in [3.63, 3.8) is 0 Å². The van der Waals surface area contributed by atoms with Crippen LogP contribution in [0.4, 0.5) is 11.6 Å². The first-order chi connectivity index (χ1) is 50.1.